The van der Waals surface area contributed by atoms with E-state index < -0.39 is 46.2 Å². The fraction of sp³-hybridized carbons (Fsp3) is 0.440. The van der Waals surface area contributed by atoms with Gasteiger partial charge in [-0.2, -0.15) is 12.7 Å². The highest BCUT2D eigenvalue weighted by Gasteiger charge is 2.34. The fourth-order valence-electron chi connectivity index (χ4n) is 4.14. The van der Waals surface area contributed by atoms with Gasteiger partial charge in [-0.05, 0) is 38.0 Å². The largest absolute Gasteiger partial charge is 0.352 e. The van der Waals surface area contributed by atoms with E-state index in [4.69, 9.17) is 0 Å². The molecule has 0 unspecified atom stereocenters. The Balaban J connectivity index is 1.95. The van der Waals surface area contributed by atoms with Crippen LogP contribution >= 0.6 is 0 Å². The second-order valence-electron chi connectivity index (χ2n) is 9.03. The van der Waals surface area contributed by atoms with Gasteiger partial charge in [0, 0.05) is 32.2 Å². The molecule has 3 rings (SSSR count). The van der Waals surface area contributed by atoms with Crippen molar-refractivity contribution in [2.24, 2.45) is 0 Å². The minimum Gasteiger partial charge on any atom is -0.352 e. The summed E-state index contributed by atoms with van der Waals surface area (Å²) in [6.07, 6.45) is 3.66. The van der Waals surface area contributed by atoms with Crippen LogP contribution in [0.4, 0.5) is 14.5 Å². The number of carbonyl (C=O) groups is 2. The molecule has 2 aromatic rings. The summed E-state index contributed by atoms with van der Waals surface area (Å²) >= 11 is 0. The number of hydrogen-bond acceptors (Lipinski definition) is 4. The number of benzene rings is 2. The van der Waals surface area contributed by atoms with Gasteiger partial charge in [0.25, 0.3) is 0 Å². The van der Waals surface area contributed by atoms with Crippen LogP contribution in [-0.4, -0.2) is 62.2 Å². The Hall–Kier alpha value is -3.05. The average Bonchev–Trinajstić information content (AvgIpc) is 3.35. The van der Waals surface area contributed by atoms with Crippen molar-refractivity contribution in [3.8, 4) is 0 Å². The molecule has 196 valence electrons. The highest BCUT2D eigenvalue weighted by Crippen LogP contribution is 2.24. The van der Waals surface area contributed by atoms with E-state index in [2.05, 4.69) is 5.32 Å². The number of rotatable bonds is 10. The number of amides is 2. The Labute approximate surface area is 211 Å². The summed E-state index contributed by atoms with van der Waals surface area (Å²) in [5, 5.41) is 2.93. The van der Waals surface area contributed by atoms with Gasteiger partial charge in [-0.1, -0.05) is 43.2 Å². The summed E-state index contributed by atoms with van der Waals surface area (Å²) < 4.78 is 56.8. The van der Waals surface area contributed by atoms with Gasteiger partial charge < -0.3 is 10.2 Å². The number of hydrogen-bond donors (Lipinski definition) is 1. The summed E-state index contributed by atoms with van der Waals surface area (Å²) in [7, 11) is -1.75. The minimum atomic E-state index is -4.28. The lowest BCUT2D eigenvalue weighted by Crippen LogP contribution is -2.53. The molecule has 0 saturated heterocycles. The van der Waals surface area contributed by atoms with Crippen molar-refractivity contribution >= 4 is 27.7 Å². The third kappa shape index (κ3) is 6.38. The van der Waals surface area contributed by atoms with Crippen molar-refractivity contribution < 1.29 is 26.8 Å². The summed E-state index contributed by atoms with van der Waals surface area (Å²) in [5.74, 6) is -2.59. The molecule has 0 heterocycles. The maximum Gasteiger partial charge on any atom is 0.304 e. The van der Waals surface area contributed by atoms with E-state index in [0.717, 1.165) is 41.0 Å². The standard InChI is InChI=1S/C25H32F2N4O4S/c1-18(25(33)28-20-11-5-6-12-20)30(16-19-10-4-7-13-21(19)26)24(32)17-31(36(34,35)29(2)3)23-15-9-8-14-22(23)27/h4,7-10,13-15,18,20H,5-6,11-12,16-17H2,1-3H3,(H,28,33)/t18-/m0/s1. The molecule has 0 aromatic heterocycles. The molecule has 0 aliphatic heterocycles. The fourth-order valence-corrected chi connectivity index (χ4v) is 5.20. The number of carbonyl (C=O) groups excluding carboxylic acids is 2. The van der Waals surface area contributed by atoms with Crippen LogP contribution in [0, 0.1) is 11.6 Å². The van der Waals surface area contributed by atoms with Gasteiger partial charge >= 0.3 is 10.2 Å². The van der Waals surface area contributed by atoms with Crippen LogP contribution in [0.1, 0.15) is 38.2 Å². The van der Waals surface area contributed by atoms with Gasteiger partial charge in [-0.25, -0.2) is 13.1 Å². The third-order valence-corrected chi connectivity index (χ3v) is 8.11. The van der Waals surface area contributed by atoms with E-state index in [-0.39, 0.29) is 23.8 Å². The van der Waals surface area contributed by atoms with Crippen LogP contribution in [0.25, 0.3) is 0 Å². The lowest BCUT2D eigenvalue weighted by molar-refractivity contribution is -0.139. The van der Waals surface area contributed by atoms with E-state index in [1.807, 2.05) is 0 Å². The summed E-state index contributed by atoms with van der Waals surface area (Å²) in [6.45, 7) is 0.464. The minimum absolute atomic E-state index is 0.00519. The zero-order valence-corrected chi connectivity index (χ0v) is 21.5. The van der Waals surface area contributed by atoms with Crippen LogP contribution in [0.5, 0.6) is 0 Å². The number of para-hydroxylation sites is 1. The molecule has 1 N–H and O–H groups in total. The van der Waals surface area contributed by atoms with Crippen LogP contribution in [-0.2, 0) is 26.3 Å². The van der Waals surface area contributed by atoms with E-state index in [9.17, 15) is 26.8 Å². The van der Waals surface area contributed by atoms with Crippen molar-refractivity contribution in [1.29, 1.82) is 0 Å². The Morgan fingerprint density at radius 2 is 1.58 bits per heavy atom. The van der Waals surface area contributed by atoms with Crippen LogP contribution in [0.3, 0.4) is 0 Å². The zero-order chi connectivity index (χ0) is 26.5. The summed E-state index contributed by atoms with van der Waals surface area (Å²) in [5.41, 5.74) is -0.146. The van der Waals surface area contributed by atoms with Gasteiger partial charge in [-0.15, -0.1) is 0 Å². The highest BCUT2D eigenvalue weighted by atomic mass is 32.2. The Morgan fingerprint density at radius 3 is 2.17 bits per heavy atom. The van der Waals surface area contributed by atoms with Crippen LogP contribution in [0.2, 0.25) is 0 Å². The molecule has 0 bridgehead atoms. The number of anilines is 1. The molecule has 2 aromatic carbocycles. The molecule has 0 spiro atoms. The third-order valence-electron chi connectivity index (χ3n) is 6.31. The smallest absolute Gasteiger partial charge is 0.304 e. The first kappa shape index (κ1) is 27.5. The molecule has 0 radical (unpaired) electrons. The first-order valence-electron chi connectivity index (χ1n) is 11.8. The van der Waals surface area contributed by atoms with Crippen LogP contribution < -0.4 is 9.62 Å². The monoisotopic (exact) mass is 522 g/mol. The molecular weight excluding hydrogens is 490 g/mol. The molecule has 11 heteroatoms. The van der Waals surface area contributed by atoms with E-state index in [1.165, 1.54) is 57.4 Å². The SMILES string of the molecule is C[C@@H](C(=O)NC1CCCC1)N(Cc1ccccc1F)C(=O)CN(c1ccccc1F)S(=O)(=O)N(C)C. The van der Waals surface area contributed by atoms with Crippen LogP contribution in [0.15, 0.2) is 48.5 Å². The van der Waals surface area contributed by atoms with Gasteiger partial charge in [0.05, 0.1) is 5.69 Å². The van der Waals surface area contributed by atoms with E-state index in [0.29, 0.717) is 4.31 Å². The summed E-state index contributed by atoms with van der Waals surface area (Å²) in [4.78, 5) is 27.7. The lowest BCUT2D eigenvalue weighted by atomic mass is 10.1. The summed E-state index contributed by atoms with van der Waals surface area (Å²) in [6, 6.07) is 10.0. The molecular formula is C25H32F2N4O4S. The molecule has 8 nitrogen and oxygen atoms in total. The normalized spacial score (nSPS) is 15.1. The molecule has 1 aliphatic carbocycles. The molecule has 1 aliphatic rings. The molecule has 1 atom stereocenters. The first-order chi connectivity index (χ1) is 17.0. The maximum absolute atomic E-state index is 14.6. The molecule has 2 amide bonds. The quantitative estimate of drug-likeness (QED) is 0.520. The van der Waals surface area contributed by atoms with Crippen molar-refractivity contribution in [2.75, 3.05) is 24.9 Å². The van der Waals surface area contributed by atoms with Crippen molar-refractivity contribution in [1.82, 2.24) is 14.5 Å². The topological polar surface area (TPSA) is 90.0 Å². The highest BCUT2D eigenvalue weighted by molar-refractivity contribution is 7.90. The molecule has 36 heavy (non-hydrogen) atoms. The van der Waals surface area contributed by atoms with Gasteiger partial charge in [0.15, 0.2) is 0 Å². The lowest BCUT2D eigenvalue weighted by Gasteiger charge is -2.33. The number of nitrogens with zero attached hydrogens (tertiary/aromatic N) is 3. The predicted octanol–water partition coefficient (Wildman–Crippen LogP) is 3.05. The Morgan fingerprint density at radius 1 is 1.00 bits per heavy atom. The van der Waals surface area contributed by atoms with Gasteiger partial charge in [0.2, 0.25) is 11.8 Å². The van der Waals surface area contributed by atoms with E-state index >= 15 is 0 Å². The second-order valence-corrected chi connectivity index (χ2v) is 11.1. The maximum atomic E-state index is 14.6. The van der Waals surface area contributed by atoms with Crippen molar-refractivity contribution in [3.05, 3.63) is 65.7 Å². The van der Waals surface area contributed by atoms with Gasteiger partial charge in [0.1, 0.15) is 24.2 Å². The van der Waals surface area contributed by atoms with E-state index in [1.54, 1.807) is 6.07 Å². The average molecular weight is 523 g/mol. The second kappa shape index (κ2) is 11.8. The Bertz CT molecular complexity index is 1190. The zero-order valence-electron chi connectivity index (χ0n) is 20.7. The number of halogens is 2. The Kier molecular flexibility index (Phi) is 9.02. The van der Waals surface area contributed by atoms with Crippen molar-refractivity contribution in [3.63, 3.8) is 0 Å². The first-order valence-corrected chi connectivity index (χ1v) is 13.2. The van der Waals surface area contributed by atoms with Gasteiger partial charge in [-0.3, -0.25) is 9.59 Å². The molecule has 1 saturated carbocycles. The molecule has 1 fully saturated rings. The number of nitrogens with one attached hydrogen (secondary N) is 1. The van der Waals surface area contributed by atoms with Crippen molar-refractivity contribution in [2.45, 2.75) is 51.2 Å². The predicted molar refractivity (Wildman–Crippen MR) is 133 cm³/mol.